The largest absolute Gasteiger partial charge is 0.493 e. The van der Waals surface area contributed by atoms with Crippen LogP contribution in [0.5, 0.6) is 23.0 Å². The Bertz CT molecular complexity index is 866. The molecule has 2 N–H and O–H groups in total. The topological polar surface area (TPSA) is 73.3 Å². The van der Waals surface area contributed by atoms with Crippen molar-refractivity contribution in [3.63, 3.8) is 0 Å². The molecule has 0 fully saturated rings. The van der Waals surface area contributed by atoms with Crippen molar-refractivity contribution in [3.8, 4) is 23.0 Å². The summed E-state index contributed by atoms with van der Waals surface area (Å²) in [5.41, 5.74) is 0.973. The van der Waals surface area contributed by atoms with E-state index in [9.17, 15) is 0 Å². The van der Waals surface area contributed by atoms with Gasteiger partial charge in [0, 0.05) is 13.6 Å². The van der Waals surface area contributed by atoms with Gasteiger partial charge in [-0.25, -0.2) is 0 Å². The summed E-state index contributed by atoms with van der Waals surface area (Å²) in [7, 11) is 3.35. The first-order chi connectivity index (χ1) is 14.1. The number of hydrogen-bond donors (Lipinski definition) is 2. The van der Waals surface area contributed by atoms with Gasteiger partial charge in [0.1, 0.15) is 19.3 Å². The van der Waals surface area contributed by atoms with Gasteiger partial charge in [-0.2, -0.15) is 0 Å². The molecule has 3 rings (SSSR count). The monoisotopic (exact) mass is 547 g/mol. The maximum atomic E-state index is 6.30. The van der Waals surface area contributed by atoms with Crippen LogP contribution in [0.2, 0.25) is 5.02 Å². The Labute approximate surface area is 199 Å². The second-order valence-electron chi connectivity index (χ2n) is 6.49. The van der Waals surface area contributed by atoms with E-state index in [4.69, 9.17) is 30.5 Å². The van der Waals surface area contributed by atoms with Crippen molar-refractivity contribution in [2.75, 3.05) is 33.9 Å². The van der Waals surface area contributed by atoms with E-state index < -0.39 is 0 Å². The number of methoxy groups -OCH3 is 1. The number of rotatable bonds is 7. The fourth-order valence-electron chi connectivity index (χ4n) is 2.89. The molecule has 0 aromatic heterocycles. The first-order valence-electron chi connectivity index (χ1n) is 9.43. The van der Waals surface area contributed by atoms with Crippen LogP contribution < -0.4 is 29.6 Å². The minimum absolute atomic E-state index is 0. The number of fused-ring (bicyclic) bond motifs is 1. The standard InChI is InChI=1S/C21H26ClN3O4.HI/c1-14(29-18-7-5-4-6-17(18)26-3)12-24-21(23-2)25-13-15-10-16(22)20-19(11-15)27-8-9-28-20;/h4-7,10-11,14H,8-9,12-13H2,1-3H3,(H2,23,24,25);1H. The molecule has 164 valence electrons. The Morgan fingerprint density at radius 2 is 1.90 bits per heavy atom. The lowest BCUT2D eigenvalue weighted by Crippen LogP contribution is -2.41. The zero-order valence-electron chi connectivity index (χ0n) is 17.2. The molecule has 30 heavy (non-hydrogen) atoms. The highest BCUT2D eigenvalue weighted by atomic mass is 127. The number of para-hydroxylation sites is 2. The number of halogens is 2. The number of aliphatic imine (C=N–C) groups is 1. The van der Waals surface area contributed by atoms with Crippen LogP contribution >= 0.6 is 35.6 Å². The van der Waals surface area contributed by atoms with Crippen LogP contribution in [0.1, 0.15) is 12.5 Å². The highest BCUT2D eigenvalue weighted by molar-refractivity contribution is 14.0. The third kappa shape index (κ3) is 6.46. The molecule has 1 atom stereocenters. The second-order valence-corrected chi connectivity index (χ2v) is 6.90. The third-order valence-corrected chi connectivity index (χ3v) is 4.58. The average molecular weight is 548 g/mol. The van der Waals surface area contributed by atoms with Gasteiger partial charge in [-0.1, -0.05) is 23.7 Å². The lowest BCUT2D eigenvalue weighted by Gasteiger charge is -2.21. The van der Waals surface area contributed by atoms with Crippen molar-refractivity contribution in [2.45, 2.75) is 19.6 Å². The molecule has 1 heterocycles. The number of hydrogen-bond acceptors (Lipinski definition) is 5. The molecule has 1 aliphatic rings. The van der Waals surface area contributed by atoms with Gasteiger partial charge in [0.15, 0.2) is 29.0 Å². The van der Waals surface area contributed by atoms with E-state index in [2.05, 4.69) is 15.6 Å². The van der Waals surface area contributed by atoms with Crippen molar-refractivity contribution in [1.82, 2.24) is 10.6 Å². The van der Waals surface area contributed by atoms with Crippen LogP contribution in [-0.2, 0) is 6.54 Å². The lowest BCUT2D eigenvalue weighted by atomic mass is 10.2. The Kier molecular flexibility index (Phi) is 9.64. The smallest absolute Gasteiger partial charge is 0.191 e. The minimum atomic E-state index is -0.0893. The number of guanidine groups is 1. The molecule has 0 bridgehead atoms. The highest BCUT2D eigenvalue weighted by Gasteiger charge is 2.17. The predicted octanol–water partition coefficient (Wildman–Crippen LogP) is 3.87. The first-order valence-corrected chi connectivity index (χ1v) is 9.80. The lowest BCUT2D eigenvalue weighted by molar-refractivity contribution is 0.171. The summed E-state index contributed by atoms with van der Waals surface area (Å²) < 4.78 is 22.4. The van der Waals surface area contributed by atoms with E-state index in [0.29, 0.717) is 60.3 Å². The molecular weight excluding hydrogens is 521 g/mol. The average Bonchev–Trinajstić information content (AvgIpc) is 2.74. The molecule has 0 aliphatic carbocycles. The van der Waals surface area contributed by atoms with Crippen molar-refractivity contribution in [2.24, 2.45) is 4.99 Å². The summed E-state index contributed by atoms with van der Waals surface area (Å²) in [6.07, 6.45) is -0.0893. The van der Waals surface area contributed by atoms with Gasteiger partial charge in [0.2, 0.25) is 0 Å². The molecular formula is C21H27ClIN3O4. The first kappa shape index (κ1) is 24.2. The highest BCUT2D eigenvalue weighted by Crippen LogP contribution is 2.38. The molecule has 2 aromatic rings. The van der Waals surface area contributed by atoms with Gasteiger partial charge in [-0.3, -0.25) is 4.99 Å². The van der Waals surface area contributed by atoms with Gasteiger partial charge >= 0.3 is 0 Å². The maximum Gasteiger partial charge on any atom is 0.191 e. The summed E-state index contributed by atoms with van der Waals surface area (Å²) in [4.78, 5) is 4.25. The van der Waals surface area contributed by atoms with E-state index in [1.165, 1.54) is 0 Å². The molecule has 0 saturated carbocycles. The van der Waals surface area contributed by atoms with Crippen LogP contribution in [0.15, 0.2) is 41.4 Å². The van der Waals surface area contributed by atoms with Gasteiger partial charge in [-0.15, -0.1) is 24.0 Å². The van der Waals surface area contributed by atoms with Gasteiger partial charge in [0.05, 0.1) is 18.7 Å². The summed E-state index contributed by atoms with van der Waals surface area (Å²) in [5.74, 6) is 3.34. The molecule has 7 nitrogen and oxygen atoms in total. The molecule has 0 amide bonds. The van der Waals surface area contributed by atoms with E-state index in [0.717, 1.165) is 5.56 Å². The van der Waals surface area contributed by atoms with E-state index in [1.807, 2.05) is 43.3 Å². The Hall–Kier alpha value is -2.07. The molecule has 1 unspecified atom stereocenters. The molecule has 2 aromatic carbocycles. The van der Waals surface area contributed by atoms with Crippen LogP contribution in [0.3, 0.4) is 0 Å². The van der Waals surface area contributed by atoms with Gasteiger partial charge < -0.3 is 29.6 Å². The van der Waals surface area contributed by atoms with Crippen LogP contribution in [-0.4, -0.2) is 46.0 Å². The van der Waals surface area contributed by atoms with E-state index >= 15 is 0 Å². The Balaban J connectivity index is 0.00000320. The predicted molar refractivity (Wildman–Crippen MR) is 129 cm³/mol. The molecule has 1 aliphatic heterocycles. The third-order valence-electron chi connectivity index (χ3n) is 4.29. The van der Waals surface area contributed by atoms with Crippen molar-refractivity contribution >= 4 is 41.5 Å². The summed E-state index contributed by atoms with van der Waals surface area (Å²) in [6, 6.07) is 11.4. The zero-order chi connectivity index (χ0) is 20.6. The number of ether oxygens (including phenoxy) is 4. The second kappa shape index (κ2) is 11.9. The summed E-state index contributed by atoms with van der Waals surface area (Å²) in [5, 5.41) is 7.07. The summed E-state index contributed by atoms with van der Waals surface area (Å²) in [6.45, 7) is 4.12. The molecule has 0 spiro atoms. The van der Waals surface area contributed by atoms with Crippen molar-refractivity contribution in [1.29, 1.82) is 0 Å². The van der Waals surface area contributed by atoms with Gasteiger partial charge in [0.25, 0.3) is 0 Å². The van der Waals surface area contributed by atoms with Crippen LogP contribution in [0, 0.1) is 0 Å². The maximum absolute atomic E-state index is 6.30. The van der Waals surface area contributed by atoms with E-state index in [-0.39, 0.29) is 30.1 Å². The number of nitrogens with one attached hydrogen (secondary N) is 2. The van der Waals surface area contributed by atoms with Crippen molar-refractivity contribution in [3.05, 3.63) is 47.0 Å². The molecule has 9 heteroatoms. The fraction of sp³-hybridized carbons (Fsp3) is 0.381. The zero-order valence-corrected chi connectivity index (χ0v) is 20.3. The fourth-order valence-corrected chi connectivity index (χ4v) is 3.18. The quantitative estimate of drug-likeness (QED) is 0.312. The van der Waals surface area contributed by atoms with Gasteiger partial charge in [-0.05, 0) is 36.8 Å². The van der Waals surface area contributed by atoms with E-state index in [1.54, 1.807) is 14.2 Å². The normalized spacial score (nSPS) is 13.7. The Morgan fingerprint density at radius 1 is 1.17 bits per heavy atom. The van der Waals surface area contributed by atoms with Crippen LogP contribution in [0.25, 0.3) is 0 Å². The van der Waals surface area contributed by atoms with Crippen LogP contribution in [0.4, 0.5) is 0 Å². The number of benzene rings is 2. The Morgan fingerprint density at radius 3 is 2.63 bits per heavy atom. The number of nitrogens with zero attached hydrogens (tertiary/aromatic N) is 1. The minimum Gasteiger partial charge on any atom is -0.493 e. The summed E-state index contributed by atoms with van der Waals surface area (Å²) >= 11 is 6.30. The molecule has 0 radical (unpaired) electrons. The van der Waals surface area contributed by atoms with Crippen molar-refractivity contribution < 1.29 is 18.9 Å². The molecule has 0 saturated heterocycles. The SMILES string of the molecule is CN=C(NCc1cc(Cl)c2c(c1)OCCO2)NCC(C)Oc1ccccc1OC.I.